The van der Waals surface area contributed by atoms with E-state index in [1.165, 1.54) is 0 Å². The quantitative estimate of drug-likeness (QED) is 0.899. The average molecular weight is 266 g/mol. The Balaban J connectivity index is 2.33. The highest BCUT2D eigenvalue weighted by Crippen LogP contribution is 2.14. The molecule has 0 aliphatic heterocycles. The maximum absolute atomic E-state index is 11.7. The number of rotatable bonds is 4. The van der Waals surface area contributed by atoms with Gasteiger partial charge in [-0.05, 0) is 13.8 Å². The van der Waals surface area contributed by atoms with Crippen LogP contribution in [0.1, 0.15) is 25.6 Å². The Morgan fingerprint density at radius 1 is 1.56 bits per heavy atom. The summed E-state index contributed by atoms with van der Waals surface area (Å²) in [6, 6.07) is 0.114. The highest BCUT2D eigenvalue weighted by molar-refractivity contribution is 5.67. The fraction of sp³-hybridized carbons (Fsp3) is 0.667. The Morgan fingerprint density at radius 3 is 2.72 bits per heavy atom. The van der Waals surface area contributed by atoms with Crippen molar-refractivity contribution in [2.45, 2.75) is 32.6 Å². The first kappa shape index (κ1) is 14.3. The maximum Gasteiger partial charge on any atom is 0.422 e. The van der Waals surface area contributed by atoms with Gasteiger partial charge in [-0.15, -0.1) is 5.10 Å². The van der Waals surface area contributed by atoms with Gasteiger partial charge in [-0.1, -0.05) is 5.21 Å². The highest BCUT2D eigenvalue weighted by atomic mass is 19.4. The van der Waals surface area contributed by atoms with Crippen LogP contribution in [0.2, 0.25) is 0 Å². The molecule has 1 rings (SSSR count). The molecule has 0 aliphatic rings. The zero-order valence-electron chi connectivity index (χ0n) is 9.86. The second-order valence-corrected chi connectivity index (χ2v) is 3.83. The second-order valence-electron chi connectivity index (χ2n) is 3.83. The number of halogens is 3. The number of alkyl carbamates (subject to hydrolysis) is 1. The molecule has 18 heavy (non-hydrogen) atoms. The van der Waals surface area contributed by atoms with Crippen LogP contribution in [0.25, 0.3) is 0 Å². The molecule has 1 aromatic rings. The molecule has 0 fully saturated rings. The van der Waals surface area contributed by atoms with Crippen LogP contribution in [0.5, 0.6) is 0 Å². The second kappa shape index (κ2) is 5.69. The first-order valence-electron chi connectivity index (χ1n) is 5.16. The summed E-state index contributed by atoms with van der Waals surface area (Å²) in [5.74, 6) is 0. The van der Waals surface area contributed by atoms with Crippen molar-refractivity contribution < 1.29 is 22.7 Å². The number of hydrogen-bond acceptors (Lipinski definition) is 4. The number of nitrogens with one attached hydrogen (secondary N) is 1. The van der Waals surface area contributed by atoms with E-state index in [9.17, 15) is 18.0 Å². The molecule has 102 valence electrons. The van der Waals surface area contributed by atoms with Crippen LogP contribution in [-0.2, 0) is 11.3 Å². The minimum atomic E-state index is -4.53. The van der Waals surface area contributed by atoms with Crippen LogP contribution < -0.4 is 5.32 Å². The Kier molecular flexibility index (Phi) is 4.51. The molecule has 0 radical (unpaired) electrons. The molecule has 0 bridgehead atoms. The van der Waals surface area contributed by atoms with Crippen molar-refractivity contribution in [3.63, 3.8) is 0 Å². The Bertz CT molecular complexity index is 403. The van der Waals surface area contributed by atoms with E-state index in [1.54, 1.807) is 10.9 Å². The van der Waals surface area contributed by atoms with Gasteiger partial charge in [0.1, 0.15) is 5.69 Å². The van der Waals surface area contributed by atoms with Crippen molar-refractivity contribution in [1.29, 1.82) is 0 Å². The predicted molar refractivity (Wildman–Crippen MR) is 54.6 cm³/mol. The fourth-order valence-corrected chi connectivity index (χ4v) is 1.01. The van der Waals surface area contributed by atoms with Gasteiger partial charge in [-0.2, -0.15) is 13.2 Å². The SMILES string of the molecule is CC(C)n1cc(CNC(=O)OCC(F)(F)F)nn1. The summed E-state index contributed by atoms with van der Waals surface area (Å²) in [6.45, 7) is 2.13. The average Bonchev–Trinajstić information content (AvgIpc) is 2.71. The van der Waals surface area contributed by atoms with E-state index in [1.807, 2.05) is 13.8 Å². The van der Waals surface area contributed by atoms with E-state index in [-0.39, 0.29) is 12.6 Å². The lowest BCUT2D eigenvalue weighted by atomic mass is 10.4. The third-order valence-electron chi connectivity index (χ3n) is 1.87. The van der Waals surface area contributed by atoms with E-state index in [0.29, 0.717) is 5.69 Å². The number of amides is 1. The lowest BCUT2D eigenvalue weighted by Gasteiger charge is -2.07. The monoisotopic (exact) mass is 266 g/mol. The molecule has 1 aromatic heterocycles. The minimum Gasteiger partial charge on any atom is -0.440 e. The van der Waals surface area contributed by atoms with E-state index in [0.717, 1.165) is 0 Å². The molecule has 1 N–H and O–H groups in total. The number of carbonyl (C=O) groups is 1. The normalized spacial score (nSPS) is 11.7. The maximum atomic E-state index is 11.7. The molecule has 0 aromatic carbocycles. The fourth-order valence-electron chi connectivity index (χ4n) is 1.01. The number of hydrogen-bond donors (Lipinski definition) is 1. The summed E-state index contributed by atoms with van der Waals surface area (Å²) in [6.07, 6.45) is -4.08. The van der Waals surface area contributed by atoms with Gasteiger partial charge in [0.15, 0.2) is 6.61 Å². The Labute approximate surface area is 101 Å². The molecule has 0 aliphatic carbocycles. The molecule has 1 heterocycles. The van der Waals surface area contributed by atoms with E-state index in [4.69, 9.17) is 0 Å². The Morgan fingerprint density at radius 2 is 2.22 bits per heavy atom. The zero-order chi connectivity index (χ0) is 13.8. The van der Waals surface area contributed by atoms with Gasteiger partial charge in [0, 0.05) is 6.04 Å². The van der Waals surface area contributed by atoms with Crippen LogP contribution in [0.4, 0.5) is 18.0 Å². The van der Waals surface area contributed by atoms with Crippen LogP contribution in [0, 0.1) is 0 Å². The van der Waals surface area contributed by atoms with Gasteiger partial charge >= 0.3 is 12.3 Å². The lowest BCUT2D eigenvalue weighted by Crippen LogP contribution is -2.28. The van der Waals surface area contributed by atoms with Gasteiger partial charge in [0.2, 0.25) is 0 Å². The summed E-state index contributed by atoms with van der Waals surface area (Å²) < 4.78 is 40.7. The molecule has 0 unspecified atom stereocenters. The molecule has 1 amide bonds. The largest absolute Gasteiger partial charge is 0.440 e. The first-order valence-corrected chi connectivity index (χ1v) is 5.16. The van der Waals surface area contributed by atoms with Crippen molar-refractivity contribution in [2.24, 2.45) is 0 Å². The van der Waals surface area contributed by atoms with Crippen LogP contribution in [0.15, 0.2) is 6.20 Å². The highest BCUT2D eigenvalue weighted by Gasteiger charge is 2.29. The van der Waals surface area contributed by atoms with E-state index < -0.39 is 18.9 Å². The van der Waals surface area contributed by atoms with E-state index in [2.05, 4.69) is 20.4 Å². The predicted octanol–water partition coefficient (Wildman–Crippen LogP) is 1.65. The summed E-state index contributed by atoms with van der Waals surface area (Å²) >= 11 is 0. The third kappa shape index (κ3) is 5.02. The van der Waals surface area contributed by atoms with E-state index >= 15 is 0 Å². The number of aromatic nitrogens is 3. The summed E-state index contributed by atoms with van der Waals surface area (Å²) in [5, 5.41) is 9.66. The van der Waals surface area contributed by atoms with Crippen molar-refractivity contribution >= 4 is 6.09 Å². The number of nitrogens with zero attached hydrogens (tertiary/aromatic N) is 3. The number of carbonyl (C=O) groups excluding carboxylic acids is 1. The molecule has 9 heteroatoms. The molecular weight excluding hydrogens is 253 g/mol. The van der Waals surface area contributed by atoms with Crippen molar-refractivity contribution in [1.82, 2.24) is 20.3 Å². The number of alkyl halides is 3. The van der Waals surface area contributed by atoms with Crippen molar-refractivity contribution in [2.75, 3.05) is 6.61 Å². The lowest BCUT2D eigenvalue weighted by molar-refractivity contribution is -0.160. The van der Waals surface area contributed by atoms with Gasteiger partial charge in [-0.3, -0.25) is 0 Å². The van der Waals surface area contributed by atoms with Crippen molar-refractivity contribution in [3.8, 4) is 0 Å². The van der Waals surface area contributed by atoms with Crippen LogP contribution in [0.3, 0.4) is 0 Å². The van der Waals surface area contributed by atoms with Gasteiger partial charge in [0.25, 0.3) is 0 Å². The van der Waals surface area contributed by atoms with Gasteiger partial charge in [-0.25, -0.2) is 9.48 Å². The molecule has 6 nitrogen and oxygen atoms in total. The Hall–Kier alpha value is -1.80. The molecular formula is C9H13F3N4O2. The molecule has 0 saturated carbocycles. The molecule has 0 saturated heterocycles. The van der Waals surface area contributed by atoms with Gasteiger partial charge in [0.05, 0.1) is 12.7 Å². The smallest absolute Gasteiger partial charge is 0.422 e. The third-order valence-corrected chi connectivity index (χ3v) is 1.87. The van der Waals surface area contributed by atoms with Crippen LogP contribution >= 0.6 is 0 Å². The summed E-state index contributed by atoms with van der Waals surface area (Å²) in [5.41, 5.74) is 0.438. The standard InChI is InChI=1S/C9H13F3N4O2/c1-6(2)16-4-7(14-15-16)3-13-8(17)18-5-9(10,11)12/h4,6H,3,5H2,1-2H3,(H,13,17). The van der Waals surface area contributed by atoms with Gasteiger partial charge < -0.3 is 10.1 Å². The minimum absolute atomic E-state index is 0.0383. The molecule has 0 spiro atoms. The number of ether oxygens (including phenoxy) is 1. The topological polar surface area (TPSA) is 69.0 Å². The molecule has 0 atom stereocenters. The zero-order valence-corrected chi connectivity index (χ0v) is 9.86. The summed E-state index contributed by atoms with van der Waals surface area (Å²) in [4.78, 5) is 10.9. The summed E-state index contributed by atoms with van der Waals surface area (Å²) in [7, 11) is 0. The van der Waals surface area contributed by atoms with Crippen LogP contribution in [-0.4, -0.2) is 33.9 Å². The first-order chi connectivity index (χ1) is 8.28. The van der Waals surface area contributed by atoms with Crippen molar-refractivity contribution in [3.05, 3.63) is 11.9 Å².